The van der Waals surface area contributed by atoms with Crippen molar-refractivity contribution in [1.82, 2.24) is 10.2 Å². The van der Waals surface area contributed by atoms with Crippen LogP contribution < -0.4 is 10.1 Å². The summed E-state index contributed by atoms with van der Waals surface area (Å²) in [7, 11) is 0. The Labute approximate surface area is 156 Å². The fraction of sp³-hybridized carbons (Fsp3) is 0.667. The summed E-state index contributed by atoms with van der Waals surface area (Å²) in [6, 6.07) is 6.49. The number of carbonyl (C=O) groups excluding carboxylic acids is 1. The van der Waals surface area contributed by atoms with Gasteiger partial charge >= 0.3 is 0 Å². The molecule has 1 amide bonds. The van der Waals surface area contributed by atoms with E-state index >= 15 is 0 Å². The van der Waals surface area contributed by atoms with Crippen LogP contribution in [0.1, 0.15) is 51.4 Å². The number of hydrogen-bond donors (Lipinski definition) is 1. The summed E-state index contributed by atoms with van der Waals surface area (Å²) in [6.45, 7) is 3.17. The van der Waals surface area contributed by atoms with Gasteiger partial charge in [0.05, 0.1) is 0 Å². The lowest BCUT2D eigenvalue weighted by atomic mass is 9.88. The number of rotatable bonds is 9. The van der Waals surface area contributed by atoms with E-state index in [-0.39, 0.29) is 5.82 Å². The molecule has 0 bridgehead atoms. The number of benzene rings is 1. The number of nitrogens with one attached hydrogen (secondary N) is 1. The molecule has 1 saturated carbocycles. The molecule has 3 rings (SSSR count). The van der Waals surface area contributed by atoms with Crippen LogP contribution in [0.5, 0.6) is 5.75 Å². The van der Waals surface area contributed by atoms with E-state index in [1.807, 2.05) is 0 Å². The van der Waals surface area contributed by atoms with Gasteiger partial charge in [-0.05, 0) is 62.4 Å². The predicted octanol–water partition coefficient (Wildman–Crippen LogP) is 3.76. The Hall–Kier alpha value is -1.62. The average molecular weight is 362 g/mol. The van der Waals surface area contributed by atoms with Gasteiger partial charge in [-0.1, -0.05) is 19.3 Å². The highest BCUT2D eigenvalue weighted by molar-refractivity contribution is 5.78. The molecule has 1 N–H and O–H groups in total. The fourth-order valence-corrected chi connectivity index (χ4v) is 4.16. The van der Waals surface area contributed by atoms with Crippen LogP contribution in [-0.2, 0) is 4.79 Å². The van der Waals surface area contributed by atoms with E-state index in [1.54, 1.807) is 12.1 Å². The van der Waals surface area contributed by atoms with Crippen LogP contribution in [0.3, 0.4) is 0 Å². The summed E-state index contributed by atoms with van der Waals surface area (Å²) < 4.78 is 18.4. The molecule has 1 aliphatic carbocycles. The topological polar surface area (TPSA) is 41.6 Å². The van der Waals surface area contributed by atoms with Crippen LogP contribution in [0.4, 0.5) is 4.39 Å². The summed E-state index contributed by atoms with van der Waals surface area (Å²) in [6.07, 6.45) is 9.31. The van der Waals surface area contributed by atoms with E-state index in [1.165, 1.54) is 44.2 Å². The van der Waals surface area contributed by atoms with Crippen molar-refractivity contribution in [3.8, 4) is 5.75 Å². The zero-order valence-corrected chi connectivity index (χ0v) is 15.6. The summed E-state index contributed by atoms with van der Waals surface area (Å²) >= 11 is 0. The minimum Gasteiger partial charge on any atom is -0.492 e. The number of halogens is 1. The fourth-order valence-electron chi connectivity index (χ4n) is 4.16. The highest BCUT2D eigenvalue weighted by Crippen LogP contribution is 2.29. The molecule has 1 heterocycles. The summed E-state index contributed by atoms with van der Waals surface area (Å²) in [5.74, 6) is 1.50. The van der Waals surface area contributed by atoms with Crippen molar-refractivity contribution < 1.29 is 13.9 Å². The third kappa shape index (κ3) is 5.70. The first-order chi connectivity index (χ1) is 12.7. The molecule has 0 spiro atoms. The van der Waals surface area contributed by atoms with Crippen LogP contribution >= 0.6 is 0 Å². The first kappa shape index (κ1) is 19.2. The van der Waals surface area contributed by atoms with Gasteiger partial charge in [-0.25, -0.2) is 4.39 Å². The lowest BCUT2D eigenvalue weighted by Gasteiger charge is -2.31. The monoisotopic (exact) mass is 362 g/mol. The lowest BCUT2D eigenvalue weighted by molar-refractivity contribution is -0.129. The van der Waals surface area contributed by atoms with Crippen molar-refractivity contribution in [2.75, 3.05) is 26.2 Å². The molecule has 2 fully saturated rings. The van der Waals surface area contributed by atoms with Crippen molar-refractivity contribution in [3.63, 3.8) is 0 Å². The molecule has 5 heteroatoms. The van der Waals surface area contributed by atoms with Gasteiger partial charge in [0.15, 0.2) is 0 Å². The minimum atomic E-state index is -0.251. The second-order valence-electron chi connectivity index (χ2n) is 7.58. The standard InChI is InChI=1S/C21H31FN2O2/c22-18-6-9-20(10-7-18)26-15-14-23-13-12-19-8-11-21(25)24(19)16-17-4-2-1-3-5-17/h6-7,9-10,17,19,23H,1-5,8,11-16H2/t19-/m1/s1. The Morgan fingerprint density at radius 2 is 1.85 bits per heavy atom. The molecule has 1 aliphatic heterocycles. The number of likely N-dealkylation sites (tertiary alicyclic amines) is 1. The summed E-state index contributed by atoms with van der Waals surface area (Å²) in [5.41, 5.74) is 0. The number of ether oxygens (including phenoxy) is 1. The van der Waals surface area contributed by atoms with Crippen molar-refractivity contribution in [3.05, 3.63) is 30.1 Å². The zero-order chi connectivity index (χ0) is 18.2. The van der Waals surface area contributed by atoms with Gasteiger partial charge in [0.25, 0.3) is 0 Å². The molecular weight excluding hydrogens is 331 g/mol. The molecular formula is C21H31FN2O2. The van der Waals surface area contributed by atoms with E-state index < -0.39 is 0 Å². The molecule has 0 radical (unpaired) electrons. The number of carbonyl (C=O) groups is 1. The van der Waals surface area contributed by atoms with Gasteiger partial charge in [0.2, 0.25) is 5.91 Å². The normalized spacial score (nSPS) is 21.3. The van der Waals surface area contributed by atoms with E-state index in [0.717, 1.165) is 32.5 Å². The van der Waals surface area contributed by atoms with E-state index in [9.17, 15) is 9.18 Å². The molecule has 4 nitrogen and oxygen atoms in total. The predicted molar refractivity (Wildman–Crippen MR) is 101 cm³/mol. The van der Waals surface area contributed by atoms with Gasteiger partial charge in [-0.3, -0.25) is 4.79 Å². The van der Waals surface area contributed by atoms with Gasteiger partial charge < -0.3 is 15.0 Å². The Bertz CT molecular complexity index is 558. The first-order valence-corrected chi connectivity index (χ1v) is 10.1. The van der Waals surface area contributed by atoms with E-state index in [2.05, 4.69) is 10.2 Å². The maximum atomic E-state index is 12.8. The van der Waals surface area contributed by atoms with Crippen molar-refractivity contribution in [1.29, 1.82) is 0 Å². The largest absolute Gasteiger partial charge is 0.492 e. The van der Waals surface area contributed by atoms with Gasteiger partial charge in [0.1, 0.15) is 18.2 Å². The van der Waals surface area contributed by atoms with Gasteiger partial charge in [0, 0.05) is 25.6 Å². The molecule has 26 heavy (non-hydrogen) atoms. The van der Waals surface area contributed by atoms with Gasteiger partial charge in [-0.2, -0.15) is 0 Å². The van der Waals surface area contributed by atoms with Gasteiger partial charge in [-0.15, -0.1) is 0 Å². The Balaban J connectivity index is 1.31. The summed E-state index contributed by atoms with van der Waals surface area (Å²) in [4.78, 5) is 14.4. The maximum Gasteiger partial charge on any atom is 0.222 e. The average Bonchev–Trinajstić information content (AvgIpc) is 3.00. The molecule has 144 valence electrons. The van der Waals surface area contributed by atoms with Crippen molar-refractivity contribution in [2.45, 2.75) is 57.4 Å². The van der Waals surface area contributed by atoms with Crippen molar-refractivity contribution >= 4 is 5.91 Å². The Morgan fingerprint density at radius 1 is 1.08 bits per heavy atom. The third-order valence-electron chi connectivity index (χ3n) is 5.65. The quantitative estimate of drug-likeness (QED) is 0.680. The molecule has 2 aliphatic rings. The highest BCUT2D eigenvalue weighted by Gasteiger charge is 2.32. The number of hydrogen-bond acceptors (Lipinski definition) is 3. The molecule has 1 atom stereocenters. The number of nitrogens with zero attached hydrogens (tertiary/aromatic N) is 1. The number of amides is 1. The smallest absolute Gasteiger partial charge is 0.222 e. The summed E-state index contributed by atoms with van der Waals surface area (Å²) in [5, 5.41) is 3.40. The minimum absolute atomic E-state index is 0.251. The van der Waals surface area contributed by atoms with Crippen LogP contribution in [-0.4, -0.2) is 43.1 Å². The van der Waals surface area contributed by atoms with Crippen LogP contribution in [0.25, 0.3) is 0 Å². The second-order valence-corrected chi connectivity index (χ2v) is 7.58. The maximum absolute atomic E-state index is 12.8. The van der Waals surface area contributed by atoms with Crippen LogP contribution in [0, 0.1) is 11.7 Å². The zero-order valence-electron chi connectivity index (χ0n) is 15.6. The first-order valence-electron chi connectivity index (χ1n) is 10.1. The van der Waals surface area contributed by atoms with Crippen molar-refractivity contribution in [2.24, 2.45) is 5.92 Å². The molecule has 1 saturated heterocycles. The Morgan fingerprint density at radius 3 is 2.62 bits per heavy atom. The second kappa shape index (κ2) is 9.91. The van der Waals surface area contributed by atoms with E-state index in [0.29, 0.717) is 36.6 Å². The third-order valence-corrected chi connectivity index (χ3v) is 5.65. The SMILES string of the molecule is O=C1CC[C@H](CCNCCOc2ccc(F)cc2)N1CC1CCCCC1. The highest BCUT2D eigenvalue weighted by atomic mass is 19.1. The Kier molecular flexibility index (Phi) is 7.30. The van der Waals surface area contributed by atoms with Crippen LogP contribution in [0.2, 0.25) is 0 Å². The molecule has 0 aromatic heterocycles. The lowest BCUT2D eigenvalue weighted by Crippen LogP contribution is -2.39. The molecule has 0 unspecified atom stereocenters. The van der Waals surface area contributed by atoms with E-state index in [4.69, 9.17) is 4.74 Å². The molecule has 1 aromatic carbocycles. The van der Waals surface area contributed by atoms with Crippen LogP contribution in [0.15, 0.2) is 24.3 Å². The molecule has 1 aromatic rings.